The molecule has 106 valence electrons. The van der Waals surface area contributed by atoms with E-state index >= 15 is 0 Å². The van der Waals surface area contributed by atoms with Crippen molar-refractivity contribution in [3.63, 3.8) is 0 Å². The maximum atomic E-state index is 14.0. The number of halogens is 2. The number of esters is 1. The minimum atomic E-state index is -2.98. The summed E-state index contributed by atoms with van der Waals surface area (Å²) in [5, 5.41) is 0. The Morgan fingerprint density at radius 1 is 1.26 bits per heavy atom. The number of hydrogen-bond donors (Lipinski definition) is 0. The first-order valence-corrected chi connectivity index (χ1v) is 6.31. The third-order valence-corrected chi connectivity index (χ3v) is 2.72. The molecule has 0 saturated heterocycles. The Hall–Kier alpha value is -1.49. The lowest BCUT2D eigenvalue weighted by Crippen LogP contribution is -2.39. The van der Waals surface area contributed by atoms with Crippen molar-refractivity contribution < 1.29 is 18.3 Å². The summed E-state index contributed by atoms with van der Waals surface area (Å²) < 4.78 is 32.8. The molecule has 0 aliphatic rings. The fourth-order valence-electron chi connectivity index (χ4n) is 1.72. The van der Waals surface area contributed by atoms with Gasteiger partial charge < -0.3 is 4.74 Å². The van der Waals surface area contributed by atoms with Gasteiger partial charge in [0.05, 0.1) is 19.7 Å². The van der Waals surface area contributed by atoms with E-state index in [2.05, 4.69) is 0 Å². The van der Waals surface area contributed by atoms with Gasteiger partial charge in [-0.25, -0.2) is 0 Å². The van der Waals surface area contributed by atoms with Gasteiger partial charge in [-0.05, 0) is 13.5 Å². The quantitative estimate of drug-likeness (QED) is 0.714. The summed E-state index contributed by atoms with van der Waals surface area (Å²) in [5.74, 6) is -3.46. The minimum Gasteiger partial charge on any atom is -0.465 e. The summed E-state index contributed by atoms with van der Waals surface area (Å²) in [7, 11) is 0. The Bertz CT molecular complexity index is 396. The second kappa shape index (κ2) is 7.19. The lowest BCUT2D eigenvalue weighted by atomic mass is 10.1. The second-order valence-electron chi connectivity index (χ2n) is 4.18. The fraction of sp³-hybridized carbons (Fsp3) is 0.500. The Morgan fingerprint density at radius 2 is 1.89 bits per heavy atom. The van der Waals surface area contributed by atoms with Crippen molar-refractivity contribution in [3.8, 4) is 0 Å². The fourth-order valence-corrected chi connectivity index (χ4v) is 1.72. The van der Waals surface area contributed by atoms with Gasteiger partial charge in [-0.15, -0.1) is 0 Å². The first kappa shape index (κ1) is 15.6. The van der Waals surface area contributed by atoms with Crippen molar-refractivity contribution >= 4 is 5.97 Å². The highest BCUT2D eigenvalue weighted by Crippen LogP contribution is 2.28. The molecule has 0 spiro atoms. The van der Waals surface area contributed by atoms with Gasteiger partial charge >= 0.3 is 5.97 Å². The van der Waals surface area contributed by atoms with Crippen molar-refractivity contribution in [2.45, 2.75) is 19.8 Å². The molecule has 1 aromatic carbocycles. The van der Waals surface area contributed by atoms with Crippen LogP contribution in [0.2, 0.25) is 0 Å². The van der Waals surface area contributed by atoms with Gasteiger partial charge in [-0.3, -0.25) is 9.69 Å². The molecule has 0 aliphatic carbocycles. The van der Waals surface area contributed by atoms with Gasteiger partial charge in [-0.1, -0.05) is 37.3 Å². The third kappa shape index (κ3) is 4.95. The average molecular weight is 271 g/mol. The molecule has 1 rings (SSSR count). The SMILES string of the molecule is CCOC(=O)CN(CC)CC(F)(F)c1ccccc1. The Morgan fingerprint density at radius 3 is 2.42 bits per heavy atom. The predicted octanol–water partition coefficient (Wildman–Crippen LogP) is 2.66. The highest BCUT2D eigenvalue weighted by atomic mass is 19.3. The number of benzene rings is 1. The molecule has 0 unspecified atom stereocenters. The summed E-state index contributed by atoms with van der Waals surface area (Å²) in [5.41, 5.74) is -0.0442. The monoisotopic (exact) mass is 271 g/mol. The third-order valence-electron chi connectivity index (χ3n) is 2.72. The zero-order valence-electron chi connectivity index (χ0n) is 11.2. The number of ether oxygens (including phenoxy) is 1. The minimum absolute atomic E-state index is 0.0442. The molecule has 0 saturated carbocycles. The van der Waals surface area contributed by atoms with Crippen molar-refractivity contribution in [2.75, 3.05) is 26.2 Å². The Kier molecular flexibility index (Phi) is 5.89. The van der Waals surface area contributed by atoms with E-state index in [1.165, 1.54) is 17.0 Å². The first-order chi connectivity index (χ1) is 8.99. The molecule has 0 fully saturated rings. The van der Waals surface area contributed by atoms with Crippen LogP contribution in [0.15, 0.2) is 30.3 Å². The molecule has 5 heteroatoms. The average Bonchev–Trinajstić information content (AvgIpc) is 2.39. The van der Waals surface area contributed by atoms with Crippen LogP contribution in [0.25, 0.3) is 0 Å². The summed E-state index contributed by atoms with van der Waals surface area (Å²) >= 11 is 0. The lowest BCUT2D eigenvalue weighted by molar-refractivity contribution is -0.145. The molecular weight excluding hydrogens is 252 g/mol. The topological polar surface area (TPSA) is 29.5 Å². The molecule has 1 aromatic rings. The van der Waals surface area contributed by atoms with Gasteiger partial charge in [-0.2, -0.15) is 8.78 Å². The molecular formula is C14H19F2NO2. The van der Waals surface area contributed by atoms with Gasteiger partial charge in [0.1, 0.15) is 0 Å². The highest BCUT2D eigenvalue weighted by Gasteiger charge is 2.33. The summed E-state index contributed by atoms with van der Waals surface area (Å²) in [6.07, 6.45) is 0. The number of rotatable bonds is 7. The highest BCUT2D eigenvalue weighted by molar-refractivity contribution is 5.71. The van der Waals surface area contributed by atoms with Crippen LogP contribution in [0.4, 0.5) is 8.78 Å². The summed E-state index contributed by atoms with van der Waals surface area (Å²) in [6, 6.07) is 7.61. The van der Waals surface area contributed by atoms with Crippen LogP contribution in [-0.2, 0) is 15.5 Å². The zero-order chi connectivity index (χ0) is 14.3. The summed E-state index contributed by atoms with van der Waals surface area (Å²) in [4.78, 5) is 12.7. The van der Waals surface area contributed by atoms with Crippen molar-refractivity contribution in [1.29, 1.82) is 0 Å². The van der Waals surface area contributed by atoms with Gasteiger partial charge in [0.25, 0.3) is 5.92 Å². The van der Waals surface area contributed by atoms with Crippen molar-refractivity contribution in [1.82, 2.24) is 4.90 Å². The van der Waals surface area contributed by atoms with Crippen molar-refractivity contribution in [3.05, 3.63) is 35.9 Å². The molecule has 0 bridgehead atoms. The van der Waals surface area contributed by atoms with Crippen LogP contribution >= 0.6 is 0 Å². The summed E-state index contributed by atoms with van der Waals surface area (Å²) in [6.45, 7) is 3.43. The maximum Gasteiger partial charge on any atom is 0.320 e. The van der Waals surface area contributed by atoms with Crippen LogP contribution in [0.3, 0.4) is 0 Å². The van der Waals surface area contributed by atoms with Crippen LogP contribution in [-0.4, -0.2) is 37.1 Å². The van der Waals surface area contributed by atoms with Crippen LogP contribution in [0.5, 0.6) is 0 Å². The van der Waals surface area contributed by atoms with Crippen LogP contribution in [0, 0.1) is 0 Å². The number of carbonyl (C=O) groups is 1. The molecule has 0 atom stereocenters. The second-order valence-corrected chi connectivity index (χ2v) is 4.18. The van der Waals surface area contributed by atoms with Gasteiger partial charge in [0.15, 0.2) is 0 Å². The first-order valence-electron chi connectivity index (χ1n) is 6.31. The van der Waals surface area contributed by atoms with E-state index in [0.717, 1.165) is 0 Å². The molecule has 0 heterocycles. The van der Waals surface area contributed by atoms with Crippen LogP contribution < -0.4 is 0 Å². The molecule has 0 radical (unpaired) electrons. The number of carbonyl (C=O) groups excluding carboxylic acids is 1. The van der Waals surface area contributed by atoms with E-state index in [4.69, 9.17) is 4.74 Å². The zero-order valence-corrected chi connectivity index (χ0v) is 11.2. The van der Waals surface area contributed by atoms with Gasteiger partial charge in [0, 0.05) is 5.56 Å². The standard InChI is InChI=1S/C14H19F2NO2/c1-3-17(10-13(18)19-4-2)11-14(15,16)12-8-6-5-7-9-12/h5-9H,3-4,10-11H2,1-2H3. The van der Waals surface area contributed by atoms with E-state index in [0.29, 0.717) is 6.54 Å². The van der Waals surface area contributed by atoms with Crippen molar-refractivity contribution in [2.24, 2.45) is 0 Å². The molecule has 0 aliphatic heterocycles. The molecule has 19 heavy (non-hydrogen) atoms. The van der Waals surface area contributed by atoms with Crippen LogP contribution in [0.1, 0.15) is 19.4 Å². The maximum absolute atomic E-state index is 14.0. The number of nitrogens with zero attached hydrogens (tertiary/aromatic N) is 1. The van der Waals surface area contributed by atoms with E-state index in [1.54, 1.807) is 32.0 Å². The number of alkyl halides is 2. The molecule has 0 amide bonds. The molecule has 0 aromatic heterocycles. The number of hydrogen-bond acceptors (Lipinski definition) is 3. The smallest absolute Gasteiger partial charge is 0.320 e. The predicted molar refractivity (Wildman–Crippen MR) is 69.1 cm³/mol. The largest absolute Gasteiger partial charge is 0.465 e. The van der Waals surface area contributed by atoms with E-state index in [1.807, 2.05) is 0 Å². The van der Waals surface area contributed by atoms with E-state index < -0.39 is 18.4 Å². The Balaban J connectivity index is 2.66. The normalized spacial score (nSPS) is 11.6. The molecule has 3 nitrogen and oxygen atoms in total. The van der Waals surface area contributed by atoms with Gasteiger partial charge in [0.2, 0.25) is 0 Å². The van der Waals surface area contributed by atoms with E-state index in [9.17, 15) is 13.6 Å². The number of likely N-dealkylation sites (N-methyl/N-ethyl adjacent to an activating group) is 1. The molecule has 0 N–H and O–H groups in total. The van der Waals surface area contributed by atoms with E-state index in [-0.39, 0.29) is 18.7 Å². The Labute approximate surface area is 112 Å². The lowest BCUT2D eigenvalue weighted by Gasteiger charge is -2.25.